The Morgan fingerprint density at radius 1 is 1.24 bits per heavy atom. The van der Waals surface area contributed by atoms with Gasteiger partial charge in [-0.1, -0.05) is 50.6 Å². The Labute approximate surface area is 103 Å². The van der Waals surface area contributed by atoms with Gasteiger partial charge in [-0.15, -0.1) is 0 Å². The summed E-state index contributed by atoms with van der Waals surface area (Å²) in [4.78, 5) is 0. The van der Waals surface area contributed by atoms with Crippen LogP contribution >= 0.6 is 0 Å². The average molecular weight is 232 g/mol. The van der Waals surface area contributed by atoms with Gasteiger partial charge in [0.2, 0.25) is 0 Å². The van der Waals surface area contributed by atoms with Crippen molar-refractivity contribution < 1.29 is 10.2 Å². The van der Waals surface area contributed by atoms with Gasteiger partial charge >= 0.3 is 0 Å². The molecule has 3 unspecified atom stereocenters. The summed E-state index contributed by atoms with van der Waals surface area (Å²) in [5, 5.41) is 21.5. The Hall–Kier alpha value is -1.12. The molecule has 17 heavy (non-hydrogen) atoms. The highest BCUT2D eigenvalue weighted by Crippen LogP contribution is 2.45. The quantitative estimate of drug-likeness (QED) is 0.823. The average Bonchev–Trinajstić information content (AvgIpc) is 2.33. The fraction of sp³-hybridized carbons (Fsp3) is 0.467. The van der Waals surface area contributed by atoms with Crippen molar-refractivity contribution in [2.75, 3.05) is 0 Å². The molecule has 1 aliphatic carbocycles. The third kappa shape index (κ3) is 1.63. The molecule has 0 bridgehead atoms. The maximum Gasteiger partial charge on any atom is 0.120 e. The van der Waals surface area contributed by atoms with E-state index in [1.165, 1.54) is 0 Å². The van der Waals surface area contributed by atoms with Crippen LogP contribution in [0.15, 0.2) is 30.3 Å². The predicted octanol–water partition coefficient (Wildman–Crippen LogP) is 2.70. The summed E-state index contributed by atoms with van der Waals surface area (Å²) in [6, 6.07) is 7.67. The van der Waals surface area contributed by atoms with Crippen LogP contribution in [0.5, 0.6) is 0 Å². The fourth-order valence-electron chi connectivity index (χ4n) is 2.64. The minimum Gasteiger partial charge on any atom is -0.382 e. The standard InChI is InChI=1S/C15H20O2/c1-4-11(2)15(17)10-9-12-7-5-6-8-13(12)14(15,3)16/h5-11,16-17H,4H2,1-3H3. The summed E-state index contributed by atoms with van der Waals surface area (Å²) in [5.74, 6) is 0.00195. The van der Waals surface area contributed by atoms with Crippen LogP contribution in [0.25, 0.3) is 6.08 Å². The molecular weight excluding hydrogens is 212 g/mol. The summed E-state index contributed by atoms with van der Waals surface area (Å²) >= 11 is 0. The van der Waals surface area contributed by atoms with E-state index in [-0.39, 0.29) is 5.92 Å². The number of hydrogen-bond acceptors (Lipinski definition) is 2. The van der Waals surface area contributed by atoms with E-state index in [1.54, 1.807) is 13.0 Å². The van der Waals surface area contributed by atoms with Crippen molar-refractivity contribution in [2.24, 2.45) is 5.92 Å². The lowest BCUT2D eigenvalue weighted by Crippen LogP contribution is -2.54. The van der Waals surface area contributed by atoms with E-state index in [0.717, 1.165) is 17.5 Å². The van der Waals surface area contributed by atoms with Crippen molar-refractivity contribution in [3.63, 3.8) is 0 Å². The van der Waals surface area contributed by atoms with Gasteiger partial charge in [0.15, 0.2) is 0 Å². The second kappa shape index (κ2) is 3.97. The highest BCUT2D eigenvalue weighted by molar-refractivity contribution is 5.61. The first-order chi connectivity index (χ1) is 7.93. The Bertz CT molecular complexity index is 448. The molecule has 2 heteroatoms. The third-order valence-corrected chi connectivity index (χ3v) is 4.15. The molecule has 0 aromatic heterocycles. The van der Waals surface area contributed by atoms with Gasteiger partial charge in [0.1, 0.15) is 11.2 Å². The maximum absolute atomic E-state index is 10.8. The summed E-state index contributed by atoms with van der Waals surface area (Å²) < 4.78 is 0. The van der Waals surface area contributed by atoms with Crippen molar-refractivity contribution in [3.05, 3.63) is 41.5 Å². The summed E-state index contributed by atoms with van der Waals surface area (Å²) in [6.07, 6.45) is 4.46. The number of benzene rings is 1. The van der Waals surface area contributed by atoms with Gasteiger partial charge in [0, 0.05) is 0 Å². The Balaban J connectivity index is 2.57. The zero-order chi connectivity index (χ0) is 12.7. The van der Waals surface area contributed by atoms with Crippen LogP contribution in [-0.4, -0.2) is 15.8 Å². The normalized spacial score (nSPS) is 33.2. The summed E-state index contributed by atoms with van der Waals surface area (Å²) in [6.45, 7) is 5.68. The van der Waals surface area contributed by atoms with Crippen molar-refractivity contribution in [1.29, 1.82) is 0 Å². The lowest BCUT2D eigenvalue weighted by molar-refractivity contribution is -0.146. The van der Waals surface area contributed by atoms with Crippen molar-refractivity contribution >= 4 is 6.08 Å². The molecule has 0 heterocycles. The van der Waals surface area contributed by atoms with Crippen molar-refractivity contribution in [1.82, 2.24) is 0 Å². The predicted molar refractivity (Wildman–Crippen MR) is 69.5 cm³/mol. The Kier molecular flexibility index (Phi) is 2.88. The van der Waals surface area contributed by atoms with Gasteiger partial charge in [0.25, 0.3) is 0 Å². The van der Waals surface area contributed by atoms with Crippen LogP contribution in [0.3, 0.4) is 0 Å². The number of rotatable bonds is 2. The van der Waals surface area contributed by atoms with Crippen molar-refractivity contribution in [2.45, 2.75) is 38.4 Å². The topological polar surface area (TPSA) is 40.5 Å². The molecule has 0 fully saturated rings. The molecule has 2 N–H and O–H groups in total. The second-order valence-electron chi connectivity index (χ2n) is 5.13. The zero-order valence-electron chi connectivity index (χ0n) is 10.6. The molecule has 3 atom stereocenters. The van der Waals surface area contributed by atoms with Gasteiger partial charge in [-0.3, -0.25) is 0 Å². The van der Waals surface area contributed by atoms with Crippen LogP contribution in [-0.2, 0) is 5.60 Å². The van der Waals surface area contributed by atoms with Crippen LogP contribution in [0.1, 0.15) is 38.3 Å². The molecular formula is C15H20O2. The van der Waals surface area contributed by atoms with E-state index in [4.69, 9.17) is 0 Å². The molecule has 0 saturated carbocycles. The first-order valence-electron chi connectivity index (χ1n) is 6.17. The molecule has 0 aliphatic heterocycles. The van der Waals surface area contributed by atoms with Gasteiger partial charge in [-0.05, 0) is 30.0 Å². The summed E-state index contributed by atoms with van der Waals surface area (Å²) in [7, 11) is 0. The first kappa shape index (κ1) is 12.3. The fourth-order valence-corrected chi connectivity index (χ4v) is 2.64. The molecule has 1 aliphatic rings. The molecule has 2 nitrogen and oxygen atoms in total. The number of aliphatic hydroxyl groups is 2. The Morgan fingerprint density at radius 2 is 1.88 bits per heavy atom. The van der Waals surface area contributed by atoms with E-state index in [1.807, 2.05) is 44.2 Å². The van der Waals surface area contributed by atoms with E-state index in [9.17, 15) is 10.2 Å². The molecule has 92 valence electrons. The SMILES string of the molecule is CCC(C)C1(O)C=Cc2ccccc2C1(C)O. The van der Waals surface area contributed by atoms with Gasteiger partial charge in [-0.2, -0.15) is 0 Å². The smallest absolute Gasteiger partial charge is 0.120 e. The van der Waals surface area contributed by atoms with Crippen LogP contribution in [0, 0.1) is 5.92 Å². The molecule has 2 rings (SSSR count). The lowest BCUT2D eigenvalue weighted by Gasteiger charge is -2.46. The zero-order valence-corrected chi connectivity index (χ0v) is 10.6. The number of hydrogen-bond donors (Lipinski definition) is 2. The highest BCUT2D eigenvalue weighted by atomic mass is 16.4. The van der Waals surface area contributed by atoms with Crippen molar-refractivity contribution in [3.8, 4) is 0 Å². The van der Waals surface area contributed by atoms with E-state index >= 15 is 0 Å². The number of fused-ring (bicyclic) bond motifs is 1. The minimum absolute atomic E-state index is 0.00195. The van der Waals surface area contributed by atoms with Gasteiger partial charge in [-0.25, -0.2) is 0 Å². The highest BCUT2D eigenvalue weighted by Gasteiger charge is 2.50. The first-order valence-corrected chi connectivity index (χ1v) is 6.17. The van der Waals surface area contributed by atoms with E-state index in [0.29, 0.717) is 0 Å². The Morgan fingerprint density at radius 3 is 2.53 bits per heavy atom. The molecule has 0 saturated heterocycles. The molecule has 1 aromatic carbocycles. The molecule has 0 amide bonds. The monoisotopic (exact) mass is 232 g/mol. The molecule has 1 aromatic rings. The third-order valence-electron chi connectivity index (χ3n) is 4.15. The van der Waals surface area contributed by atoms with Crippen LogP contribution < -0.4 is 0 Å². The van der Waals surface area contributed by atoms with E-state index in [2.05, 4.69) is 0 Å². The van der Waals surface area contributed by atoms with E-state index < -0.39 is 11.2 Å². The lowest BCUT2D eigenvalue weighted by atomic mass is 9.67. The van der Waals surface area contributed by atoms with Crippen LogP contribution in [0.2, 0.25) is 0 Å². The van der Waals surface area contributed by atoms with Gasteiger partial charge in [0.05, 0.1) is 0 Å². The molecule has 0 spiro atoms. The second-order valence-corrected chi connectivity index (χ2v) is 5.13. The largest absolute Gasteiger partial charge is 0.382 e. The van der Waals surface area contributed by atoms with Gasteiger partial charge < -0.3 is 10.2 Å². The maximum atomic E-state index is 10.8. The minimum atomic E-state index is -1.24. The van der Waals surface area contributed by atoms with Crippen LogP contribution in [0.4, 0.5) is 0 Å². The molecule has 0 radical (unpaired) electrons. The summed E-state index contributed by atoms with van der Waals surface area (Å²) in [5.41, 5.74) is -0.667.